The second kappa shape index (κ2) is 9.43. The molecule has 0 bridgehead atoms. The average molecular weight is 365 g/mol. The molecule has 1 atom stereocenters. The highest BCUT2D eigenvalue weighted by atomic mass is 16.5. The molecule has 1 amide bonds. The molecule has 1 N–H and O–H groups in total. The van der Waals surface area contributed by atoms with Crippen LogP contribution in [0, 0.1) is 0 Å². The number of carbonyl (C=O) groups excluding carboxylic acids is 1. The van der Waals surface area contributed by atoms with E-state index in [1.165, 1.54) is 6.92 Å². The Labute approximate surface area is 158 Å². The fourth-order valence-electron chi connectivity index (χ4n) is 2.58. The van der Waals surface area contributed by atoms with Crippen LogP contribution in [0.15, 0.2) is 73.3 Å². The molecule has 3 aromatic rings. The van der Waals surface area contributed by atoms with E-state index in [0.29, 0.717) is 19.7 Å². The van der Waals surface area contributed by atoms with Gasteiger partial charge in [0.05, 0.1) is 19.4 Å². The summed E-state index contributed by atoms with van der Waals surface area (Å²) < 4.78 is 13.7. The molecule has 0 fully saturated rings. The summed E-state index contributed by atoms with van der Waals surface area (Å²) in [6, 6.07) is 17.5. The zero-order chi connectivity index (χ0) is 18.9. The molecular formula is C21H23N3O3. The number of benzene rings is 2. The summed E-state index contributed by atoms with van der Waals surface area (Å²) in [5.41, 5.74) is 1.12. The molecule has 0 saturated carbocycles. The normalized spacial score (nSPS) is 11.6. The van der Waals surface area contributed by atoms with E-state index < -0.39 is 0 Å². The van der Waals surface area contributed by atoms with Gasteiger partial charge >= 0.3 is 0 Å². The molecule has 0 spiro atoms. The van der Waals surface area contributed by atoms with Crippen LogP contribution in [0.5, 0.6) is 11.5 Å². The van der Waals surface area contributed by atoms with Gasteiger partial charge in [-0.05, 0) is 29.8 Å². The van der Waals surface area contributed by atoms with E-state index in [2.05, 4.69) is 10.3 Å². The molecule has 0 radical (unpaired) electrons. The maximum absolute atomic E-state index is 11.2. The smallest absolute Gasteiger partial charge is 0.217 e. The fourth-order valence-corrected chi connectivity index (χ4v) is 2.58. The van der Waals surface area contributed by atoms with E-state index in [0.717, 1.165) is 17.1 Å². The van der Waals surface area contributed by atoms with Crippen LogP contribution in [0.2, 0.25) is 0 Å². The second-order valence-corrected chi connectivity index (χ2v) is 6.18. The van der Waals surface area contributed by atoms with Crippen LogP contribution in [0.25, 0.3) is 0 Å². The zero-order valence-electron chi connectivity index (χ0n) is 15.2. The Kier molecular flexibility index (Phi) is 6.46. The minimum atomic E-state index is -0.209. The summed E-state index contributed by atoms with van der Waals surface area (Å²) in [4.78, 5) is 15.3. The molecule has 0 saturated heterocycles. The Morgan fingerprint density at radius 2 is 1.85 bits per heavy atom. The first-order valence-electron chi connectivity index (χ1n) is 8.82. The molecule has 0 aliphatic carbocycles. The van der Waals surface area contributed by atoms with Gasteiger partial charge in [-0.25, -0.2) is 4.98 Å². The molecule has 1 heterocycles. The monoisotopic (exact) mass is 365 g/mol. The highest BCUT2D eigenvalue weighted by molar-refractivity contribution is 5.72. The van der Waals surface area contributed by atoms with E-state index in [4.69, 9.17) is 9.47 Å². The Morgan fingerprint density at radius 3 is 2.52 bits per heavy atom. The van der Waals surface area contributed by atoms with Gasteiger partial charge in [-0.15, -0.1) is 0 Å². The molecule has 0 aliphatic heterocycles. The first kappa shape index (κ1) is 18.5. The number of nitrogens with one attached hydrogen (secondary N) is 1. The summed E-state index contributed by atoms with van der Waals surface area (Å²) >= 11 is 0. The van der Waals surface area contributed by atoms with E-state index in [1.54, 1.807) is 12.5 Å². The predicted molar refractivity (Wildman–Crippen MR) is 103 cm³/mol. The topological polar surface area (TPSA) is 65.4 Å². The van der Waals surface area contributed by atoms with Crippen LogP contribution in [0.4, 0.5) is 0 Å². The molecule has 3 rings (SSSR count). The van der Waals surface area contributed by atoms with Crippen LogP contribution < -0.4 is 14.8 Å². The number of ether oxygens (including phenoxy) is 2. The number of rotatable bonds is 9. The minimum absolute atomic E-state index is 0.0844. The van der Waals surface area contributed by atoms with Crippen molar-refractivity contribution in [2.45, 2.75) is 26.2 Å². The molecule has 1 aromatic heterocycles. The van der Waals surface area contributed by atoms with Crippen LogP contribution >= 0.6 is 0 Å². The Bertz CT molecular complexity index is 818. The number of hydrogen-bond donors (Lipinski definition) is 1. The Morgan fingerprint density at radius 1 is 1.11 bits per heavy atom. The van der Waals surface area contributed by atoms with Crippen molar-refractivity contribution < 1.29 is 14.3 Å². The standard InChI is InChI=1S/C21H23N3O3/c1-17(25)23-13-21(14-24-12-11-22-16-24)27-20-9-7-19(8-10-20)26-15-18-5-3-2-4-6-18/h2-12,16,21H,13-15H2,1H3,(H,23,25). The van der Waals surface area contributed by atoms with Crippen LogP contribution in [0.3, 0.4) is 0 Å². The van der Waals surface area contributed by atoms with Crippen LogP contribution in [0.1, 0.15) is 12.5 Å². The quantitative estimate of drug-likeness (QED) is 0.633. The van der Waals surface area contributed by atoms with Crippen molar-refractivity contribution in [2.75, 3.05) is 6.54 Å². The number of nitrogens with zero attached hydrogens (tertiary/aromatic N) is 2. The third kappa shape index (κ3) is 6.18. The SMILES string of the molecule is CC(=O)NCC(Cn1ccnc1)Oc1ccc(OCc2ccccc2)cc1. The lowest BCUT2D eigenvalue weighted by Gasteiger charge is -2.20. The highest BCUT2D eigenvalue weighted by Gasteiger charge is 2.12. The lowest BCUT2D eigenvalue weighted by Crippen LogP contribution is -2.36. The molecule has 27 heavy (non-hydrogen) atoms. The predicted octanol–water partition coefficient (Wildman–Crippen LogP) is 3.05. The first-order valence-corrected chi connectivity index (χ1v) is 8.82. The maximum atomic E-state index is 11.2. The largest absolute Gasteiger partial charge is 0.489 e. The average Bonchev–Trinajstić information content (AvgIpc) is 3.19. The van der Waals surface area contributed by atoms with Crippen molar-refractivity contribution >= 4 is 5.91 Å². The molecule has 1 unspecified atom stereocenters. The van der Waals surface area contributed by atoms with Gasteiger partial charge in [0.2, 0.25) is 5.91 Å². The molecule has 6 nitrogen and oxygen atoms in total. The zero-order valence-corrected chi connectivity index (χ0v) is 15.2. The van der Waals surface area contributed by atoms with Gasteiger partial charge in [-0.2, -0.15) is 0 Å². The second-order valence-electron chi connectivity index (χ2n) is 6.18. The summed E-state index contributed by atoms with van der Waals surface area (Å²) in [7, 11) is 0. The third-order valence-corrected chi connectivity index (χ3v) is 3.93. The lowest BCUT2D eigenvalue weighted by atomic mass is 10.2. The Hall–Kier alpha value is -3.28. The van der Waals surface area contributed by atoms with Crippen LogP contribution in [-0.2, 0) is 17.9 Å². The molecule has 0 aliphatic rings. The molecule has 6 heteroatoms. The van der Waals surface area contributed by atoms with Crippen LogP contribution in [-0.4, -0.2) is 28.1 Å². The maximum Gasteiger partial charge on any atom is 0.217 e. The van der Waals surface area contributed by atoms with Gasteiger partial charge in [-0.3, -0.25) is 4.79 Å². The van der Waals surface area contributed by atoms with E-state index in [-0.39, 0.29) is 12.0 Å². The minimum Gasteiger partial charge on any atom is -0.489 e. The number of hydrogen-bond acceptors (Lipinski definition) is 4. The van der Waals surface area contributed by atoms with Crippen molar-refractivity contribution in [1.82, 2.24) is 14.9 Å². The summed E-state index contributed by atoms with van der Waals surface area (Å²) in [5.74, 6) is 1.41. The van der Waals surface area contributed by atoms with Gasteiger partial charge in [0, 0.05) is 19.3 Å². The fraction of sp³-hybridized carbons (Fsp3) is 0.238. The van der Waals surface area contributed by atoms with Gasteiger partial charge < -0.3 is 19.4 Å². The summed E-state index contributed by atoms with van der Waals surface area (Å²) in [6.07, 6.45) is 5.10. The van der Waals surface area contributed by atoms with Crippen molar-refractivity contribution in [3.63, 3.8) is 0 Å². The third-order valence-electron chi connectivity index (χ3n) is 3.93. The first-order chi connectivity index (χ1) is 13.2. The van der Waals surface area contributed by atoms with Crippen molar-refractivity contribution in [3.05, 3.63) is 78.9 Å². The molecule has 140 valence electrons. The molecule has 2 aromatic carbocycles. The summed E-state index contributed by atoms with van der Waals surface area (Å²) in [6.45, 7) is 3.02. The van der Waals surface area contributed by atoms with E-state index >= 15 is 0 Å². The lowest BCUT2D eigenvalue weighted by molar-refractivity contribution is -0.119. The van der Waals surface area contributed by atoms with Gasteiger partial charge in [-0.1, -0.05) is 30.3 Å². The molecular weight excluding hydrogens is 342 g/mol. The van der Waals surface area contributed by atoms with Gasteiger partial charge in [0.15, 0.2) is 0 Å². The number of aromatic nitrogens is 2. The highest BCUT2D eigenvalue weighted by Crippen LogP contribution is 2.20. The number of amides is 1. The Balaban J connectivity index is 1.57. The van der Waals surface area contributed by atoms with E-state index in [1.807, 2.05) is 65.4 Å². The van der Waals surface area contributed by atoms with Gasteiger partial charge in [0.25, 0.3) is 0 Å². The van der Waals surface area contributed by atoms with E-state index in [9.17, 15) is 4.79 Å². The van der Waals surface area contributed by atoms with Crippen molar-refractivity contribution in [3.8, 4) is 11.5 Å². The van der Waals surface area contributed by atoms with Gasteiger partial charge in [0.1, 0.15) is 24.2 Å². The van der Waals surface area contributed by atoms with Crippen molar-refractivity contribution in [1.29, 1.82) is 0 Å². The number of imidazole rings is 1. The van der Waals surface area contributed by atoms with Crippen molar-refractivity contribution in [2.24, 2.45) is 0 Å². The number of carbonyl (C=O) groups is 1. The summed E-state index contributed by atoms with van der Waals surface area (Å²) in [5, 5.41) is 2.81.